The lowest BCUT2D eigenvalue weighted by atomic mass is 9.88. The van der Waals surface area contributed by atoms with Crippen molar-refractivity contribution < 1.29 is 9.90 Å². The number of aliphatic hydroxyl groups excluding tert-OH is 1. The Hall–Kier alpha value is -1.15. The summed E-state index contributed by atoms with van der Waals surface area (Å²) >= 11 is 0. The fourth-order valence-corrected chi connectivity index (χ4v) is 1.99. The molecule has 0 bridgehead atoms. The summed E-state index contributed by atoms with van der Waals surface area (Å²) in [4.78, 5) is 11.6. The van der Waals surface area contributed by atoms with E-state index in [4.69, 9.17) is 0 Å². The summed E-state index contributed by atoms with van der Waals surface area (Å²) in [6.45, 7) is 7.93. The molecule has 0 spiro atoms. The highest BCUT2D eigenvalue weighted by molar-refractivity contribution is 5.98. The molecule has 2 heteroatoms. The van der Waals surface area contributed by atoms with Gasteiger partial charge in [-0.1, -0.05) is 17.2 Å². The maximum atomic E-state index is 11.6. The molecule has 1 aliphatic carbocycles. The Morgan fingerprint density at radius 1 is 1.47 bits per heavy atom. The predicted octanol–water partition coefficient (Wildman–Crippen LogP) is 3.33. The van der Waals surface area contributed by atoms with Gasteiger partial charge in [-0.15, -0.1) is 0 Å². The Kier molecular flexibility index (Phi) is 4.88. The summed E-state index contributed by atoms with van der Waals surface area (Å²) in [7, 11) is 0. The normalized spacial score (nSPS) is 23.2. The highest BCUT2D eigenvalue weighted by Gasteiger charge is 2.22. The van der Waals surface area contributed by atoms with Crippen molar-refractivity contribution in [1.82, 2.24) is 0 Å². The van der Waals surface area contributed by atoms with E-state index in [-0.39, 0.29) is 5.78 Å². The van der Waals surface area contributed by atoms with Crippen LogP contribution >= 0.6 is 0 Å². The second-order valence-electron chi connectivity index (χ2n) is 5.02. The van der Waals surface area contributed by atoms with Gasteiger partial charge in [-0.2, -0.15) is 0 Å². The van der Waals surface area contributed by atoms with Gasteiger partial charge in [0.25, 0.3) is 0 Å². The Labute approximate surface area is 104 Å². The summed E-state index contributed by atoms with van der Waals surface area (Å²) in [5.41, 5.74) is 4.02. The number of carbonyl (C=O) groups excluding carboxylic acids is 1. The van der Waals surface area contributed by atoms with E-state index in [2.05, 4.69) is 19.9 Å². The first-order chi connectivity index (χ1) is 7.91. The lowest BCUT2D eigenvalue weighted by Gasteiger charge is -2.20. The van der Waals surface area contributed by atoms with Crippen LogP contribution in [0.25, 0.3) is 0 Å². The third-order valence-electron chi connectivity index (χ3n) is 3.18. The lowest BCUT2D eigenvalue weighted by Crippen LogP contribution is -2.20. The number of allylic oxidation sites excluding steroid dienone is 4. The van der Waals surface area contributed by atoms with E-state index in [9.17, 15) is 9.90 Å². The molecule has 1 atom stereocenters. The topological polar surface area (TPSA) is 37.3 Å². The van der Waals surface area contributed by atoms with Crippen molar-refractivity contribution in [3.05, 3.63) is 34.4 Å². The Morgan fingerprint density at radius 3 is 2.71 bits per heavy atom. The number of aliphatic hydroxyl groups is 1. The van der Waals surface area contributed by atoms with Crippen LogP contribution < -0.4 is 0 Å². The van der Waals surface area contributed by atoms with Gasteiger partial charge in [-0.05, 0) is 57.8 Å². The molecule has 1 N–H and O–H groups in total. The van der Waals surface area contributed by atoms with Crippen LogP contribution in [0.3, 0.4) is 0 Å². The predicted molar refractivity (Wildman–Crippen MR) is 70.8 cm³/mol. The second-order valence-corrected chi connectivity index (χ2v) is 5.02. The summed E-state index contributed by atoms with van der Waals surface area (Å²) in [6.07, 6.45) is 5.54. The Balaban J connectivity index is 2.76. The molecule has 0 amide bonds. The highest BCUT2D eigenvalue weighted by Crippen LogP contribution is 2.25. The monoisotopic (exact) mass is 234 g/mol. The van der Waals surface area contributed by atoms with Gasteiger partial charge in [-0.3, -0.25) is 4.79 Å². The minimum absolute atomic E-state index is 0.131. The maximum Gasteiger partial charge on any atom is 0.162 e. The first-order valence-electron chi connectivity index (χ1n) is 6.13. The van der Waals surface area contributed by atoms with E-state index in [1.165, 1.54) is 5.57 Å². The van der Waals surface area contributed by atoms with E-state index in [1.807, 2.05) is 6.92 Å². The Bertz CT molecular complexity index is 393. The van der Waals surface area contributed by atoms with Gasteiger partial charge >= 0.3 is 0 Å². The van der Waals surface area contributed by atoms with Crippen molar-refractivity contribution in [2.24, 2.45) is 0 Å². The van der Waals surface area contributed by atoms with Crippen LogP contribution in [0, 0.1) is 0 Å². The average molecular weight is 234 g/mol. The smallest absolute Gasteiger partial charge is 0.162 e. The number of hydrogen-bond acceptors (Lipinski definition) is 2. The van der Waals surface area contributed by atoms with Gasteiger partial charge in [0.1, 0.15) is 0 Å². The summed E-state index contributed by atoms with van der Waals surface area (Å²) < 4.78 is 0. The van der Waals surface area contributed by atoms with Crippen LogP contribution in [-0.4, -0.2) is 17.0 Å². The van der Waals surface area contributed by atoms with E-state index >= 15 is 0 Å². The van der Waals surface area contributed by atoms with Crippen LogP contribution in [0.1, 0.15) is 47.0 Å². The zero-order valence-corrected chi connectivity index (χ0v) is 11.2. The summed E-state index contributed by atoms with van der Waals surface area (Å²) in [5, 5.41) is 9.93. The zero-order valence-electron chi connectivity index (χ0n) is 11.2. The van der Waals surface area contributed by atoms with Gasteiger partial charge in [0.2, 0.25) is 0 Å². The molecule has 0 aromatic carbocycles. The third-order valence-corrected chi connectivity index (χ3v) is 3.18. The molecule has 1 aliphatic rings. The molecular formula is C15H22O2. The minimum atomic E-state index is -0.570. The number of Topliss-reactive ketones (excluding diaryl/α,β-unsaturated/α-hetero) is 1. The van der Waals surface area contributed by atoms with Crippen LogP contribution in [0.5, 0.6) is 0 Å². The lowest BCUT2D eigenvalue weighted by molar-refractivity contribution is -0.115. The molecule has 0 saturated heterocycles. The average Bonchev–Trinajstić information content (AvgIpc) is 2.22. The van der Waals surface area contributed by atoms with Gasteiger partial charge in [-0.25, -0.2) is 0 Å². The van der Waals surface area contributed by atoms with Crippen molar-refractivity contribution in [3.63, 3.8) is 0 Å². The molecular weight excluding hydrogens is 212 g/mol. The molecule has 0 fully saturated rings. The summed E-state index contributed by atoms with van der Waals surface area (Å²) in [6, 6.07) is 0. The molecule has 2 nitrogen and oxygen atoms in total. The van der Waals surface area contributed by atoms with E-state index in [1.54, 1.807) is 13.0 Å². The minimum Gasteiger partial charge on any atom is -0.385 e. The van der Waals surface area contributed by atoms with Crippen LogP contribution in [0.4, 0.5) is 0 Å². The van der Waals surface area contributed by atoms with E-state index in [0.717, 1.165) is 24.0 Å². The number of ketones is 1. The van der Waals surface area contributed by atoms with Gasteiger partial charge < -0.3 is 5.11 Å². The maximum absolute atomic E-state index is 11.6. The molecule has 1 rings (SSSR count). The fourth-order valence-electron chi connectivity index (χ4n) is 1.99. The molecule has 0 aromatic rings. The quantitative estimate of drug-likeness (QED) is 0.760. The largest absolute Gasteiger partial charge is 0.385 e. The first-order valence-corrected chi connectivity index (χ1v) is 6.13. The summed E-state index contributed by atoms with van der Waals surface area (Å²) in [5.74, 6) is 0.131. The molecule has 0 radical (unpaired) electrons. The van der Waals surface area contributed by atoms with Gasteiger partial charge in [0.05, 0.1) is 6.10 Å². The fraction of sp³-hybridized carbons (Fsp3) is 0.533. The number of carbonyl (C=O) groups is 1. The molecule has 0 saturated carbocycles. The van der Waals surface area contributed by atoms with E-state index in [0.29, 0.717) is 12.0 Å². The molecule has 0 aliphatic heterocycles. The highest BCUT2D eigenvalue weighted by atomic mass is 16.3. The van der Waals surface area contributed by atoms with Crippen molar-refractivity contribution >= 4 is 5.78 Å². The molecule has 0 heterocycles. The SMILES string of the molecule is CC(C)=CCCC(C)=C1CC(=O)C(C)=C[C@@H]1O. The second kappa shape index (κ2) is 5.97. The zero-order chi connectivity index (χ0) is 13.0. The van der Waals surface area contributed by atoms with Crippen LogP contribution in [0.2, 0.25) is 0 Å². The van der Waals surface area contributed by atoms with E-state index < -0.39 is 6.10 Å². The number of hydrogen-bond donors (Lipinski definition) is 1. The van der Waals surface area contributed by atoms with Crippen molar-refractivity contribution in [2.45, 2.75) is 53.1 Å². The number of rotatable bonds is 3. The standard InChI is InChI=1S/C15H22O2/c1-10(2)6-5-7-11(3)13-9-14(16)12(4)8-15(13)17/h6,8,15,17H,5,7,9H2,1-4H3/t15-/m0/s1. The Morgan fingerprint density at radius 2 is 2.12 bits per heavy atom. The molecule has 0 unspecified atom stereocenters. The first kappa shape index (κ1) is 13.9. The third kappa shape index (κ3) is 3.97. The molecule has 17 heavy (non-hydrogen) atoms. The van der Waals surface area contributed by atoms with Crippen LogP contribution in [-0.2, 0) is 4.79 Å². The molecule has 0 aromatic heterocycles. The van der Waals surface area contributed by atoms with Crippen molar-refractivity contribution in [1.29, 1.82) is 0 Å². The molecule has 94 valence electrons. The van der Waals surface area contributed by atoms with Crippen molar-refractivity contribution in [3.8, 4) is 0 Å². The van der Waals surface area contributed by atoms with Gasteiger partial charge in [0.15, 0.2) is 5.78 Å². The van der Waals surface area contributed by atoms with Crippen LogP contribution in [0.15, 0.2) is 34.4 Å². The van der Waals surface area contributed by atoms with Gasteiger partial charge in [0, 0.05) is 6.42 Å². The van der Waals surface area contributed by atoms with Crippen molar-refractivity contribution in [2.75, 3.05) is 0 Å².